The summed E-state index contributed by atoms with van der Waals surface area (Å²) in [5, 5.41) is 11.8. The Bertz CT molecular complexity index is 1240. The van der Waals surface area contributed by atoms with E-state index >= 15 is 0 Å². The summed E-state index contributed by atoms with van der Waals surface area (Å²) in [4.78, 5) is 26.2. The van der Waals surface area contributed by atoms with Crippen molar-refractivity contribution in [1.82, 2.24) is 0 Å². The van der Waals surface area contributed by atoms with Crippen LogP contribution in [0.4, 0.5) is 10.5 Å². The minimum Gasteiger partial charge on any atom is -0.497 e. The first-order valence-electron chi connectivity index (χ1n) is 12.3. The maximum absolute atomic E-state index is 13.3. The molecule has 0 radical (unpaired) electrons. The number of methoxy groups -OCH3 is 2. The summed E-state index contributed by atoms with van der Waals surface area (Å²) < 4.78 is 16.5. The van der Waals surface area contributed by atoms with Crippen LogP contribution in [0.25, 0.3) is 0 Å². The molecule has 0 saturated carbocycles. The van der Waals surface area contributed by atoms with Crippen molar-refractivity contribution in [2.24, 2.45) is 0 Å². The molecule has 0 fully saturated rings. The van der Waals surface area contributed by atoms with Crippen molar-refractivity contribution in [2.75, 3.05) is 25.7 Å². The fourth-order valence-electron chi connectivity index (χ4n) is 4.18. The summed E-state index contributed by atoms with van der Waals surface area (Å²) in [6.07, 6.45) is 2.86. The van der Waals surface area contributed by atoms with Gasteiger partial charge in [0.1, 0.15) is 17.1 Å². The van der Waals surface area contributed by atoms with Gasteiger partial charge in [0.2, 0.25) is 6.54 Å². The van der Waals surface area contributed by atoms with E-state index in [9.17, 15) is 14.9 Å². The Kier molecular flexibility index (Phi) is 9.49. The zero-order valence-corrected chi connectivity index (χ0v) is 22.4. The number of para-hydroxylation sites is 1. The second-order valence-corrected chi connectivity index (χ2v) is 9.69. The zero-order valence-electron chi connectivity index (χ0n) is 22.4. The van der Waals surface area contributed by atoms with Crippen LogP contribution in [-0.2, 0) is 4.74 Å². The lowest BCUT2D eigenvalue weighted by Gasteiger charge is -2.27. The van der Waals surface area contributed by atoms with Crippen LogP contribution < -0.4 is 14.4 Å². The van der Waals surface area contributed by atoms with E-state index in [2.05, 4.69) is 0 Å². The van der Waals surface area contributed by atoms with Crippen LogP contribution in [0.3, 0.4) is 0 Å². The van der Waals surface area contributed by atoms with Gasteiger partial charge in [-0.05, 0) is 56.7 Å². The average Bonchev–Trinajstić information content (AvgIpc) is 2.89. The Hall–Kier alpha value is -4.33. The Balaban J connectivity index is 2.13. The van der Waals surface area contributed by atoms with Crippen molar-refractivity contribution in [1.29, 1.82) is 0 Å². The van der Waals surface area contributed by atoms with E-state index in [0.717, 1.165) is 5.56 Å². The van der Waals surface area contributed by atoms with Crippen LogP contribution >= 0.6 is 0 Å². The maximum Gasteiger partial charge on any atom is 0.418 e. The summed E-state index contributed by atoms with van der Waals surface area (Å²) in [5.41, 5.74) is 1.41. The van der Waals surface area contributed by atoms with Crippen molar-refractivity contribution >= 4 is 11.8 Å². The van der Waals surface area contributed by atoms with Crippen LogP contribution in [0.15, 0.2) is 91.1 Å². The molecule has 2 atom stereocenters. The molecule has 0 N–H and O–H groups in total. The Morgan fingerprint density at radius 1 is 0.947 bits per heavy atom. The van der Waals surface area contributed by atoms with Gasteiger partial charge in [0.15, 0.2) is 0 Å². The molecule has 38 heavy (non-hydrogen) atoms. The van der Waals surface area contributed by atoms with Gasteiger partial charge in [-0.2, -0.15) is 0 Å². The molecule has 0 aliphatic rings. The number of nitrogens with zero attached hydrogens (tertiary/aromatic N) is 2. The number of rotatable bonds is 10. The van der Waals surface area contributed by atoms with E-state index < -0.39 is 23.5 Å². The van der Waals surface area contributed by atoms with Gasteiger partial charge in [-0.1, -0.05) is 54.6 Å². The second kappa shape index (κ2) is 12.8. The number of carbonyl (C=O) groups excluding carboxylic acids is 1. The molecule has 1 amide bonds. The lowest BCUT2D eigenvalue weighted by atomic mass is 9.81. The summed E-state index contributed by atoms with van der Waals surface area (Å²) in [5.74, 6) is 0.177. The lowest BCUT2D eigenvalue weighted by Crippen LogP contribution is -2.33. The fraction of sp³-hybridized carbons (Fsp3) is 0.300. The molecule has 0 bridgehead atoms. The standard InChI is InChI=1S/C30H34N2O6/c1-30(2,3)38-29(33)31(23-15-17-24(36-4)18-16-23)20-19-25(22-11-7-6-8-12-22)27(21-32(34)35)26-13-9-10-14-28(26)37-5/h6-20,25,27H,21H2,1-5H3/b20-19-/t25-,27?/m1/s1. The van der Waals surface area contributed by atoms with Crippen molar-refractivity contribution in [3.63, 3.8) is 0 Å². The monoisotopic (exact) mass is 518 g/mol. The zero-order chi connectivity index (χ0) is 27.7. The average molecular weight is 519 g/mol. The van der Waals surface area contributed by atoms with Gasteiger partial charge < -0.3 is 14.2 Å². The highest BCUT2D eigenvalue weighted by molar-refractivity contribution is 5.90. The molecule has 3 rings (SSSR count). The minimum atomic E-state index is -0.722. The first-order chi connectivity index (χ1) is 18.1. The molecule has 0 saturated heterocycles. The number of amides is 1. The first-order valence-corrected chi connectivity index (χ1v) is 12.3. The lowest BCUT2D eigenvalue weighted by molar-refractivity contribution is -0.483. The normalized spacial score (nSPS) is 13.0. The summed E-state index contributed by atoms with van der Waals surface area (Å²) in [6.45, 7) is 5.05. The smallest absolute Gasteiger partial charge is 0.418 e. The molecule has 0 aliphatic carbocycles. The molecular formula is C30H34N2O6. The molecular weight excluding hydrogens is 484 g/mol. The van der Waals surface area contributed by atoms with E-state index in [-0.39, 0.29) is 11.5 Å². The predicted molar refractivity (Wildman–Crippen MR) is 148 cm³/mol. The van der Waals surface area contributed by atoms with Crippen LogP contribution in [-0.4, -0.2) is 37.4 Å². The topological polar surface area (TPSA) is 91.1 Å². The number of benzene rings is 3. The third-order valence-electron chi connectivity index (χ3n) is 5.89. The van der Waals surface area contributed by atoms with Crippen LogP contribution in [0.5, 0.6) is 11.5 Å². The number of nitro groups is 1. The fourth-order valence-corrected chi connectivity index (χ4v) is 4.18. The maximum atomic E-state index is 13.3. The van der Waals surface area contributed by atoms with Crippen molar-refractivity contribution in [2.45, 2.75) is 38.2 Å². The molecule has 3 aromatic carbocycles. The first kappa shape index (κ1) is 28.2. The van der Waals surface area contributed by atoms with E-state index in [1.54, 1.807) is 71.5 Å². The minimum absolute atomic E-state index is 0.323. The van der Waals surface area contributed by atoms with Crippen molar-refractivity contribution in [3.05, 3.63) is 112 Å². The molecule has 200 valence electrons. The molecule has 0 aromatic heterocycles. The highest BCUT2D eigenvalue weighted by Gasteiger charge is 2.31. The molecule has 1 unspecified atom stereocenters. The van der Waals surface area contributed by atoms with Crippen LogP contribution in [0, 0.1) is 10.1 Å². The molecule has 8 heteroatoms. The van der Waals surface area contributed by atoms with Gasteiger partial charge in [0, 0.05) is 22.6 Å². The van der Waals surface area contributed by atoms with Crippen molar-refractivity contribution in [3.8, 4) is 11.5 Å². The van der Waals surface area contributed by atoms with Gasteiger partial charge in [0.25, 0.3) is 0 Å². The number of allylic oxidation sites excluding steroid dienone is 1. The summed E-state index contributed by atoms with van der Waals surface area (Å²) in [6, 6.07) is 23.8. The number of hydrogen-bond donors (Lipinski definition) is 0. The van der Waals surface area contributed by atoms with Gasteiger partial charge in [0.05, 0.1) is 25.8 Å². The highest BCUT2D eigenvalue weighted by atomic mass is 16.6. The molecule has 0 heterocycles. The van der Waals surface area contributed by atoms with Gasteiger partial charge in [-0.15, -0.1) is 0 Å². The molecule has 3 aromatic rings. The van der Waals surface area contributed by atoms with Gasteiger partial charge >= 0.3 is 6.09 Å². The van der Waals surface area contributed by atoms with Crippen molar-refractivity contribution < 1.29 is 23.9 Å². The SMILES string of the molecule is COc1ccc(N(/C=C\[C@H](c2ccccc2)C(C[N+](=O)[O-])c2ccccc2OC)C(=O)OC(C)(C)C)cc1. The molecule has 0 aliphatic heterocycles. The van der Waals surface area contributed by atoms with E-state index in [1.807, 2.05) is 54.6 Å². The predicted octanol–water partition coefficient (Wildman–Crippen LogP) is 6.80. The molecule has 0 spiro atoms. The quantitative estimate of drug-likeness (QED) is 0.216. The number of carbonyl (C=O) groups is 1. The third-order valence-corrected chi connectivity index (χ3v) is 5.89. The molecule has 8 nitrogen and oxygen atoms in total. The Morgan fingerprint density at radius 3 is 2.16 bits per heavy atom. The Labute approximate surface area is 223 Å². The van der Waals surface area contributed by atoms with Crippen LogP contribution in [0.1, 0.15) is 43.7 Å². The number of hydrogen-bond acceptors (Lipinski definition) is 6. The highest BCUT2D eigenvalue weighted by Crippen LogP contribution is 2.39. The van der Waals surface area contributed by atoms with E-state index in [0.29, 0.717) is 22.7 Å². The number of ether oxygens (including phenoxy) is 3. The van der Waals surface area contributed by atoms with Crippen LogP contribution in [0.2, 0.25) is 0 Å². The third kappa shape index (κ3) is 7.59. The van der Waals surface area contributed by atoms with Gasteiger partial charge in [-0.3, -0.25) is 15.0 Å². The number of anilines is 1. The summed E-state index contributed by atoms with van der Waals surface area (Å²) in [7, 11) is 3.11. The largest absolute Gasteiger partial charge is 0.497 e. The van der Waals surface area contributed by atoms with E-state index in [1.165, 1.54) is 4.90 Å². The Morgan fingerprint density at radius 2 is 1.58 bits per heavy atom. The summed E-state index contributed by atoms with van der Waals surface area (Å²) >= 11 is 0. The van der Waals surface area contributed by atoms with E-state index in [4.69, 9.17) is 14.2 Å². The second-order valence-electron chi connectivity index (χ2n) is 9.69. The van der Waals surface area contributed by atoms with Gasteiger partial charge in [-0.25, -0.2) is 4.79 Å².